The summed E-state index contributed by atoms with van der Waals surface area (Å²) in [6.07, 6.45) is 3.43. The second-order valence-corrected chi connectivity index (χ2v) is 7.23. The molecule has 2 aromatic rings. The second-order valence-electron chi connectivity index (χ2n) is 6.79. The molecule has 1 amide bonds. The maximum Gasteiger partial charge on any atom is 0.270 e. The Bertz CT molecular complexity index is 856. The molecule has 1 aliphatic carbocycles. The molecule has 1 fully saturated rings. The third-order valence-corrected chi connectivity index (χ3v) is 4.92. The Hall–Kier alpha value is -2.44. The minimum atomic E-state index is -0.524. The van der Waals surface area contributed by atoms with Crippen molar-refractivity contribution in [3.63, 3.8) is 0 Å². The lowest BCUT2D eigenvalue weighted by atomic mass is 10.0. The van der Waals surface area contributed by atoms with Gasteiger partial charge in [-0.15, -0.1) is 0 Å². The number of amides is 1. The second kappa shape index (κ2) is 8.50. The van der Waals surface area contributed by atoms with E-state index >= 15 is 0 Å². The monoisotopic (exact) mass is 388 g/mol. The average molecular weight is 389 g/mol. The molecular weight excluding hydrogens is 368 g/mol. The zero-order valence-corrected chi connectivity index (χ0v) is 15.4. The van der Waals surface area contributed by atoms with Crippen LogP contribution in [0.4, 0.5) is 0 Å². The third-order valence-electron chi connectivity index (χ3n) is 4.68. The third kappa shape index (κ3) is 5.05. The van der Waals surface area contributed by atoms with Gasteiger partial charge >= 0.3 is 0 Å². The largest absolute Gasteiger partial charge is 0.508 e. The van der Waals surface area contributed by atoms with Gasteiger partial charge in [0.2, 0.25) is 0 Å². The van der Waals surface area contributed by atoms with Crippen LogP contribution in [0.2, 0.25) is 5.02 Å². The maximum atomic E-state index is 12.3. The molecule has 0 saturated heterocycles. The molecule has 0 spiro atoms. The van der Waals surface area contributed by atoms with Crippen LogP contribution in [-0.2, 0) is 17.6 Å². The van der Waals surface area contributed by atoms with Crippen LogP contribution in [0.5, 0.6) is 5.75 Å². The molecule has 1 aliphatic rings. The van der Waals surface area contributed by atoms with Gasteiger partial charge in [0.1, 0.15) is 17.2 Å². The molecule has 3 rings (SSSR count). The standard InChI is InChI=1S/C20H21ClN2O4/c21-14-4-5-18(25)13(10-14)11-15(24)8-12-6-7-22-17(9-12)20(27)23-16-2-1-3-19(16)26/h4-7,9-10,16,19,25-26H,1-3,8,11H2,(H,23,27)/t16-,19-/m1/s1. The predicted molar refractivity (Wildman–Crippen MR) is 101 cm³/mol. The minimum absolute atomic E-state index is 0.0256. The lowest BCUT2D eigenvalue weighted by Gasteiger charge is -2.16. The Morgan fingerprint density at radius 3 is 2.74 bits per heavy atom. The molecule has 0 unspecified atom stereocenters. The molecule has 6 nitrogen and oxygen atoms in total. The van der Waals surface area contributed by atoms with Crippen LogP contribution in [0.1, 0.15) is 40.9 Å². The van der Waals surface area contributed by atoms with Crippen LogP contribution >= 0.6 is 11.6 Å². The average Bonchev–Trinajstić information content (AvgIpc) is 3.03. The first-order valence-corrected chi connectivity index (χ1v) is 9.23. The Kier molecular flexibility index (Phi) is 6.08. The predicted octanol–water partition coefficient (Wildman–Crippen LogP) is 2.44. The van der Waals surface area contributed by atoms with Crippen molar-refractivity contribution in [2.24, 2.45) is 0 Å². The first-order chi connectivity index (χ1) is 12.9. The first-order valence-electron chi connectivity index (χ1n) is 8.85. The fourth-order valence-corrected chi connectivity index (χ4v) is 3.45. The molecule has 0 bridgehead atoms. The topological polar surface area (TPSA) is 99.5 Å². The van der Waals surface area contributed by atoms with Gasteiger partial charge in [0, 0.05) is 29.6 Å². The summed E-state index contributed by atoms with van der Waals surface area (Å²) in [7, 11) is 0. The Balaban J connectivity index is 1.63. The van der Waals surface area contributed by atoms with Gasteiger partial charge in [0.05, 0.1) is 12.1 Å². The van der Waals surface area contributed by atoms with Crippen molar-refractivity contribution in [2.45, 2.75) is 44.2 Å². The number of rotatable bonds is 6. The van der Waals surface area contributed by atoms with E-state index in [4.69, 9.17) is 11.6 Å². The van der Waals surface area contributed by atoms with Crippen molar-refractivity contribution in [1.82, 2.24) is 10.3 Å². The van der Waals surface area contributed by atoms with E-state index < -0.39 is 6.10 Å². The highest BCUT2D eigenvalue weighted by molar-refractivity contribution is 6.30. The van der Waals surface area contributed by atoms with E-state index in [0.717, 1.165) is 12.8 Å². The van der Waals surface area contributed by atoms with E-state index in [1.165, 1.54) is 12.3 Å². The van der Waals surface area contributed by atoms with Crippen LogP contribution in [0, 0.1) is 0 Å². The number of nitrogens with zero attached hydrogens (tertiary/aromatic N) is 1. The number of phenols is 1. The smallest absolute Gasteiger partial charge is 0.270 e. The van der Waals surface area contributed by atoms with Gasteiger partial charge < -0.3 is 15.5 Å². The number of carbonyl (C=O) groups excluding carboxylic acids is 2. The van der Waals surface area contributed by atoms with E-state index in [0.29, 0.717) is 22.6 Å². The highest BCUT2D eigenvalue weighted by atomic mass is 35.5. The summed E-state index contributed by atoms with van der Waals surface area (Å²) in [6.45, 7) is 0. The molecule has 1 heterocycles. The summed E-state index contributed by atoms with van der Waals surface area (Å²) in [5.74, 6) is -0.447. The summed E-state index contributed by atoms with van der Waals surface area (Å²) < 4.78 is 0. The van der Waals surface area contributed by atoms with Crippen molar-refractivity contribution in [3.8, 4) is 5.75 Å². The van der Waals surface area contributed by atoms with Crippen molar-refractivity contribution >= 4 is 23.3 Å². The van der Waals surface area contributed by atoms with Crippen LogP contribution in [0.25, 0.3) is 0 Å². The number of nitrogens with one attached hydrogen (secondary N) is 1. The molecule has 0 radical (unpaired) electrons. The van der Waals surface area contributed by atoms with Crippen molar-refractivity contribution in [2.75, 3.05) is 0 Å². The van der Waals surface area contributed by atoms with Crippen molar-refractivity contribution < 1.29 is 19.8 Å². The Labute approximate surface area is 162 Å². The number of phenolic OH excluding ortho intramolecular Hbond substituents is 1. The molecule has 142 valence electrons. The quantitative estimate of drug-likeness (QED) is 0.705. The van der Waals surface area contributed by atoms with E-state index in [-0.39, 0.29) is 42.0 Å². The number of pyridine rings is 1. The molecule has 0 aliphatic heterocycles. The number of aliphatic hydroxyl groups excluding tert-OH is 1. The SMILES string of the molecule is O=C(Cc1ccnc(C(=O)N[C@@H]2CCC[C@H]2O)c1)Cc1cc(Cl)ccc1O. The number of Topliss-reactive ketones (excluding diaryl/α,β-unsaturated/α-hetero) is 1. The van der Waals surface area contributed by atoms with Gasteiger partial charge in [0.15, 0.2) is 0 Å². The van der Waals surface area contributed by atoms with Crippen LogP contribution < -0.4 is 5.32 Å². The number of aromatic hydroxyl groups is 1. The number of halogens is 1. The fraction of sp³-hybridized carbons (Fsp3) is 0.350. The van der Waals surface area contributed by atoms with Gasteiger partial charge in [-0.2, -0.15) is 0 Å². The highest BCUT2D eigenvalue weighted by Crippen LogP contribution is 2.23. The molecule has 3 N–H and O–H groups in total. The molecule has 7 heteroatoms. The summed E-state index contributed by atoms with van der Waals surface area (Å²) in [6, 6.07) is 7.57. The molecule has 27 heavy (non-hydrogen) atoms. The zero-order chi connectivity index (χ0) is 19.4. The summed E-state index contributed by atoms with van der Waals surface area (Å²) >= 11 is 5.90. The Morgan fingerprint density at radius 1 is 1.19 bits per heavy atom. The van der Waals surface area contributed by atoms with Gasteiger partial charge in [-0.05, 0) is 55.2 Å². The van der Waals surface area contributed by atoms with Gasteiger partial charge in [-0.1, -0.05) is 11.6 Å². The number of hydrogen-bond acceptors (Lipinski definition) is 5. The minimum Gasteiger partial charge on any atom is -0.508 e. The summed E-state index contributed by atoms with van der Waals surface area (Å²) in [4.78, 5) is 28.7. The highest BCUT2D eigenvalue weighted by Gasteiger charge is 2.27. The molecule has 2 atom stereocenters. The number of aliphatic hydroxyl groups is 1. The van der Waals surface area contributed by atoms with Crippen molar-refractivity contribution in [3.05, 3.63) is 58.4 Å². The molecule has 1 aromatic carbocycles. The van der Waals surface area contributed by atoms with Crippen LogP contribution in [0.15, 0.2) is 36.5 Å². The fourth-order valence-electron chi connectivity index (χ4n) is 3.26. The number of ketones is 1. The molecule has 1 aromatic heterocycles. The summed E-state index contributed by atoms with van der Waals surface area (Å²) in [5, 5.41) is 22.9. The van der Waals surface area contributed by atoms with Crippen LogP contribution in [0.3, 0.4) is 0 Å². The maximum absolute atomic E-state index is 12.3. The van der Waals surface area contributed by atoms with E-state index in [1.807, 2.05) is 0 Å². The van der Waals surface area contributed by atoms with Gasteiger partial charge in [-0.3, -0.25) is 14.6 Å². The molecule has 1 saturated carbocycles. The number of benzene rings is 1. The lowest BCUT2D eigenvalue weighted by molar-refractivity contribution is -0.117. The van der Waals surface area contributed by atoms with E-state index in [9.17, 15) is 19.8 Å². The van der Waals surface area contributed by atoms with Gasteiger partial charge in [0.25, 0.3) is 5.91 Å². The number of carbonyl (C=O) groups is 2. The summed E-state index contributed by atoms with van der Waals surface area (Å²) in [5.41, 5.74) is 1.34. The van der Waals surface area contributed by atoms with Crippen molar-refractivity contribution in [1.29, 1.82) is 0 Å². The number of aromatic nitrogens is 1. The lowest BCUT2D eigenvalue weighted by Crippen LogP contribution is -2.40. The molecular formula is C20H21ClN2O4. The van der Waals surface area contributed by atoms with E-state index in [2.05, 4.69) is 10.3 Å². The first kappa shape index (κ1) is 19.3. The van der Waals surface area contributed by atoms with E-state index in [1.54, 1.807) is 24.3 Å². The van der Waals surface area contributed by atoms with Crippen LogP contribution in [-0.4, -0.2) is 39.0 Å². The number of hydrogen-bond donors (Lipinski definition) is 3. The normalized spacial score (nSPS) is 19.0. The van der Waals surface area contributed by atoms with Gasteiger partial charge in [-0.25, -0.2) is 0 Å². The zero-order valence-electron chi connectivity index (χ0n) is 14.7. The Morgan fingerprint density at radius 2 is 2.00 bits per heavy atom.